The standard InChI is InChI=1S/C13H15Cl2NO.C5H11N2.In/c1-2-3-4-5-13(17)16-9-10-6-11(14)8-12(15)7-10;1-7-4-2-6-3-5-7;/h5-8H,1-4,9H2,(H,16,17);2-5H2,1H3;/q;-1;+1. The monoisotopic (exact) mass is 485 g/mol. The molecule has 0 radical (unpaired) electrons. The molecule has 3 rings (SSSR count). The van der Waals surface area contributed by atoms with Crippen molar-refractivity contribution in [1.29, 1.82) is 0 Å². The number of carbonyl (C=O) groups excluding carboxylic acids is 1. The van der Waals surface area contributed by atoms with E-state index in [-0.39, 0.29) is 5.91 Å². The molecule has 0 spiro atoms. The predicted octanol–water partition coefficient (Wildman–Crippen LogP) is 3.40. The van der Waals surface area contributed by atoms with Crippen LogP contribution in [-0.2, 0) is 11.3 Å². The Balaban J connectivity index is 1.60. The normalized spacial score (nSPS) is 22.8. The molecule has 0 bridgehead atoms. The van der Waals surface area contributed by atoms with E-state index in [0.29, 0.717) is 20.3 Å². The molecule has 25 heavy (non-hydrogen) atoms. The van der Waals surface area contributed by atoms with Gasteiger partial charge in [0.1, 0.15) is 0 Å². The molecule has 0 saturated carbocycles. The molecule has 1 N–H and O–H groups in total. The van der Waals surface area contributed by atoms with Crippen molar-refractivity contribution in [3.63, 3.8) is 0 Å². The molecule has 2 saturated heterocycles. The summed E-state index contributed by atoms with van der Waals surface area (Å²) in [6, 6.07) is 5.46. The Kier molecular flexibility index (Phi) is 7.38. The van der Waals surface area contributed by atoms with Crippen LogP contribution >= 0.6 is 23.2 Å². The number of hydrogen-bond acceptors (Lipinski definition) is 3. The third-order valence-corrected chi connectivity index (χ3v) is 17.4. The molecule has 1 aromatic rings. The molecule has 4 nitrogen and oxygen atoms in total. The molecule has 2 aliphatic rings. The second-order valence-corrected chi connectivity index (χ2v) is 17.4. The van der Waals surface area contributed by atoms with E-state index in [9.17, 15) is 4.79 Å². The summed E-state index contributed by atoms with van der Waals surface area (Å²) in [5, 5.41) is 4.39. The summed E-state index contributed by atoms with van der Waals surface area (Å²) < 4.78 is 4.38. The Morgan fingerprint density at radius 3 is 2.52 bits per heavy atom. The van der Waals surface area contributed by atoms with Gasteiger partial charge in [0.25, 0.3) is 0 Å². The number of piperazine rings is 1. The van der Waals surface area contributed by atoms with Gasteiger partial charge in [0, 0.05) is 0 Å². The Bertz CT molecular complexity index is 588. The predicted molar refractivity (Wildman–Crippen MR) is 106 cm³/mol. The Hall–Kier alpha value is 0.0601. The van der Waals surface area contributed by atoms with Gasteiger partial charge in [-0.05, 0) is 0 Å². The van der Waals surface area contributed by atoms with Gasteiger partial charge in [-0.2, -0.15) is 0 Å². The van der Waals surface area contributed by atoms with Gasteiger partial charge in [-0.25, -0.2) is 0 Å². The quantitative estimate of drug-likeness (QED) is 0.710. The zero-order chi connectivity index (χ0) is 17.8. The molecule has 1 amide bonds. The molecular formula is C18H26Cl2InN3O. The SMILES string of the molecule is CN1CC[N]([In]2[CH2]CCC[CH]2C(=O)NCc2cc(Cl)cc(Cl)c2)CC1. The van der Waals surface area contributed by atoms with Crippen molar-refractivity contribution in [3.05, 3.63) is 33.8 Å². The van der Waals surface area contributed by atoms with Crippen LogP contribution in [0.15, 0.2) is 18.2 Å². The Morgan fingerprint density at radius 1 is 1.16 bits per heavy atom. The number of halogens is 2. The van der Waals surface area contributed by atoms with Gasteiger partial charge in [-0.15, -0.1) is 0 Å². The number of nitrogens with zero attached hydrogens (tertiary/aromatic N) is 2. The third kappa shape index (κ3) is 5.52. The van der Waals surface area contributed by atoms with Crippen LogP contribution in [0.25, 0.3) is 0 Å². The first kappa shape index (κ1) is 19.8. The summed E-state index contributed by atoms with van der Waals surface area (Å²) in [7, 11) is 2.19. The summed E-state index contributed by atoms with van der Waals surface area (Å²) in [6.07, 6.45) is 3.60. The molecule has 0 aliphatic carbocycles. The molecular weight excluding hydrogens is 460 g/mol. The van der Waals surface area contributed by atoms with Crippen molar-refractivity contribution in [3.8, 4) is 0 Å². The average Bonchev–Trinajstić information content (AvgIpc) is 2.59. The number of rotatable bonds is 4. The summed E-state index contributed by atoms with van der Waals surface area (Å²) in [6.45, 7) is 5.11. The summed E-state index contributed by atoms with van der Waals surface area (Å²) in [4.78, 5) is 15.3. The molecule has 2 fully saturated rings. The van der Waals surface area contributed by atoms with E-state index in [2.05, 4.69) is 20.2 Å². The van der Waals surface area contributed by atoms with Crippen molar-refractivity contribution in [2.45, 2.75) is 33.7 Å². The van der Waals surface area contributed by atoms with Crippen LogP contribution in [-0.4, -0.2) is 68.6 Å². The van der Waals surface area contributed by atoms with E-state index in [4.69, 9.17) is 23.2 Å². The molecule has 7 heteroatoms. The van der Waals surface area contributed by atoms with Crippen molar-refractivity contribution in [2.24, 2.45) is 0 Å². The molecule has 0 aromatic heterocycles. The van der Waals surface area contributed by atoms with Gasteiger partial charge in [0.2, 0.25) is 0 Å². The number of likely N-dealkylation sites (N-methyl/N-ethyl adjacent to an activating group) is 1. The zero-order valence-electron chi connectivity index (χ0n) is 14.8. The first-order valence-corrected chi connectivity index (χ1v) is 15.6. The van der Waals surface area contributed by atoms with Gasteiger partial charge in [-0.1, -0.05) is 0 Å². The third-order valence-electron chi connectivity index (χ3n) is 5.46. The molecule has 1 unspecified atom stereocenters. The van der Waals surface area contributed by atoms with Crippen molar-refractivity contribution >= 4 is 50.8 Å². The number of benzene rings is 1. The van der Waals surface area contributed by atoms with E-state index < -0.39 is 21.7 Å². The van der Waals surface area contributed by atoms with Crippen LogP contribution < -0.4 is 5.32 Å². The zero-order valence-corrected chi connectivity index (χ0v) is 19.6. The van der Waals surface area contributed by atoms with E-state index >= 15 is 0 Å². The van der Waals surface area contributed by atoms with E-state index in [1.807, 2.05) is 12.1 Å². The second kappa shape index (κ2) is 9.32. The average molecular weight is 486 g/mol. The fourth-order valence-electron chi connectivity index (χ4n) is 4.04. The molecule has 136 valence electrons. The number of hydrogen-bond donors (Lipinski definition) is 1. The fourth-order valence-corrected chi connectivity index (χ4v) is 15.9. The van der Waals surface area contributed by atoms with E-state index in [0.717, 1.165) is 38.2 Å². The van der Waals surface area contributed by atoms with Crippen LogP contribution in [0.4, 0.5) is 0 Å². The Morgan fingerprint density at radius 2 is 1.84 bits per heavy atom. The van der Waals surface area contributed by atoms with Crippen LogP contribution in [0.1, 0.15) is 24.8 Å². The van der Waals surface area contributed by atoms with Crippen molar-refractivity contribution in [1.82, 2.24) is 13.1 Å². The topological polar surface area (TPSA) is 35.6 Å². The maximum absolute atomic E-state index is 12.9. The molecule has 2 aliphatic heterocycles. The van der Waals surface area contributed by atoms with Gasteiger partial charge in [-0.3, -0.25) is 0 Å². The minimum absolute atomic E-state index is 0.260. The fraction of sp³-hybridized carbons (Fsp3) is 0.611. The second-order valence-electron chi connectivity index (χ2n) is 7.29. The molecule has 1 atom stereocenters. The number of nitrogens with one attached hydrogen (secondary N) is 1. The summed E-state index contributed by atoms with van der Waals surface area (Å²) in [5.41, 5.74) is 0.966. The van der Waals surface area contributed by atoms with Gasteiger partial charge >= 0.3 is 169 Å². The summed E-state index contributed by atoms with van der Waals surface area (Å²) >= 11 is 10.1. The van der Waals surface area contributed by atoms with Crippen LogP contribution in [0, 0.1) is 0 Å². The molecule has 1 aromatic carbocycles. The maximum atomic E-state index is 12.9. The number of carbonyl (C=O) groups is 1. The van der Waals surface area contributed by atoms with Crippen molar-refractivity contribution in [2.75, 3.05) is 33.2 Å². The number of amides is 1. The first-order chi connectivity index (χ1) is 12.0. The van der Waals surface area contributed by atoms with E-state index in [1.54, 1.807) is 6.07 Å². The van der Waals surface area contributed by atoms with Gasteiger partial charge < -0.3 is 0 Å². The Labute approximate surface area is 168 Å². The van der Waals surface area contributed by atoms with E-state index in [1.165, 1.54) is 17.0 Å². The van der Waals surface area contributed by atoms with Crippen molar-refractivity contribution < 1.29 is 4.79 Å². The van der Waals surface area contributed by atoms with Crippen LogP contribution in [0.2, 0.25) is 17.9 Å². The van der Waals surface area contributed by atoms with Crippen LogP contribution in [0.5, 0.6) is 0 Å². The van der Waals surface area contributed by atoms with Gasteiger partial charge in [0.15, 0.2) is 0 Å². The first-order valence-electron chi connectivity index (χ1n) is 9.18. The van der Waals surface area contributed by atoms with Gasteiger partial charge in [0.05, 0.1) is 0 Å². The minimum atomic E-state index is -2.02. The van der Waals surface area contributed by atoms with Crippen LogP contribution in [0.3, 0.4) is 0 Å². The summed E-state index contributed by atoms with van der Waals surface area (Å²) in [5.74, 6) is 0.260. The molecule has 2 heterocycles.